The minimum Gasteiger partial charge on any atom is -0.375 e. The summed E-state index contributed by atoms with van der Waals surface area (Å²) in [5.41, 5.74) is 0.727. The van der Waals surface area contributed by atoms with Crippen LogP contribution in [0.4, 0.5) is 0 Å². The van der Waals surface area contributed by atoms with Gasteiger partial charge in [0.2, 0.25) is 0 Å². The van der Waals surface area contributed by atoms with Gasteiger partial charge >= 0.3 is 0 Å². The lowest BCUT2D eigenvalue weighted by atomic mass is 10.3. The number of unbranched alkanes of at least 4 members (excludes halogenated alkanes) is 1. The lowest BCUT2D eigenvalue weighted by molar-refractivity contribution is 0.116. The Hall–Kier alpha value is -0.450. The predicted octanol–water partition coefficient (Wildman–Crippen LogP) is 2.67. The number of nitrogens with zero attached hydrogens (tertiary/aromatic N) is 2. The summed E-state index contributed by atoms with van der Waals surface area (Å²) in [5.74, 6) is 0. The molecule has 0 bridgehead atoms. The van der Waals surface area contributed by atoms with Crippen LogP contribution in [0.15, 0.2) is 12.7 Å². The molecule has 0 fully saturated rings. The molecule has 5 heteroatoms. The van der Waals surface area contributed by atoms with E-state index in [-0.39, 0.29) is 0 Å². The van der Waals surface area contributed by atoms with Crippen LogP contribution in [0.2, 0.25) is 4.34 Å². The summed E-state index contributed by atoms with van der Waals surface area (Å²) in [5, 5.41) is 3.82. The maximum Gasteiger partial charge on any atom is 0.139 e. The Morgan fingerprint density at radius 2 is 2.46 bits per heavy atom. The fraction of sp³-hybridized carbons (Fsp3) is 0.500. The van der Waals surface area contributed by atoms with Crippen molar-refractivity contribution in [2.75, 3.05) is 6.61 Å². The normalized spacial score (nSPS) is 10.2. The van der Waals surface area contributed by atoms with E-state index in [1.54, 1.807) is 0 Å². The van der Waals surface area contributed by atoms with Gasteiger partial charge in [-0.2, -0.15) is 0 Å². The van der Waals surface area contributed by atoms with Crippen molar-refractivity contribution in [3.05, 3.63) is 22.7 Å². The standard InChI is InChI=1S/C8H11ClN2OS/c1-2-3-4-5-12-6-7-8(9)13-11-10-7/h2H,1,3-6H2. The summed E-state index contributed by atoms with van der Waals surface area (Å²) in [6.07, 6.45) is 3.84. The van der Waals surface area contributed by atoms with E-state index < -0.39 is 0 Å². The minimum atomic E-state index is 0.451. The number of rotatable bonds is 6. The van der Waals surface area contributed by atoms with Crippen LogP contribution in [0.3, 0.4) is 0 Å². The molecule has 3 nitrogen and oxygen atoms in total. The van der Waals surface area contributed by atoms with Crippen LogP contribution >= 0.6 is 23.1 Å². The molecule has 0 amide bonds. The molecule has 0 unspecified atom stereocenters. The zero-order chi connectivity index (χ0) is 9.52. The molecule has 0 saturated heterocycles. The van der Waals surface area contributed by atoms with Crippen molar-refractivity contribution >= 4 is 23.1 Å². The number of hydrogen-bond acceptors (Lipinski definition) is 4. The van der Waals surface area contributed by atoms with Gasteiger partial charge in [-0.25, -0.2) is 0 Å². The molecule has 0 radical (unpaired) electrons. The first kappa shape index (κ1) is 10.6. The third kappa shape index (κ3) is 3.85. The maximum atomic E-state index is 5.78. The van der Waals surface area contributed by atoms with Crippen molar-refractivity contribution in [3.63, 3.8) is 0 Å². The van der Waals surface area contributed by atoms with Gasteiger partial charge in [-0.3, -0.25) is 0 Å². The lowest BCUT2D eigenvalue weighted by Crippen LogP contribution is -1.95. The number of hydrogen-bond donors (Lipinski definition) is 0. The number of allylic oxidation sites excluding steroid dienone is 1. The van der Waals surface area contributed by atoms with E-state index in [1.165, 1.54) is 11.5 Å². The van der Waals surface area contributed by atoms with Gasteiger partial charge in [0.15, 0.2) is 0 Å². The van der Waals surface area contributed by atoms with Crippen LogP contribution in [-0.4, -0.2) is 16.2 Å². The highest BCUT2D eigenvalue weighted by Crippen LogP contribution is 2.17. The molecule has 72 valence electrons. The molecule has 0 spiro atoms. The second kappa shape index (κ2) is 6.07. The lowest BCUT2D eigenvalue weighted by Gasteiger charge is -1.99. The summed E-state index contributed by atoms with van der Waals surface area (Å²) < 4.78 is 9.65. The fourth-order valence-corrected chi connectivity index (χ4v) is 1.38. The van der Waals surface area contributed by atoms with Crippen LogP contribution in [0.5, 0.6) is 0 Å². The summed E-state index contributed by atoms with van der Waals surface area (Å²) in [7, 11) is 0. The molecule has 0 atom stereocenters. The molecule has 13 heavy (non-hydrogen) atoms. The van der Waals surface area contributed by atoms with Crippen molar-refractivity contribution in [2.24, 2.45) is 0 Å². The third-order valence-corrected chi connectivity index (χ3v) is 2.43. The van der Waals surface area contributed by atoms with Crippen LogP contribution in [0, 0.1) is 0 Å². The van der Waals surface area contributed by atoms with E-state index in [4.69, 9.17) is 16.3 Å². The monoisotopic (exact) mass is 218 g/mol. The van der Waals surface area contributed by atoms with Crippen LogP contribution in [-0.2, 0) is 11.3 Å². The first-order valence-corrected chi connectivity index (χ1v) is 5.15. The van der Waals surface area contributed by atoms with Crippen LogP contribution < -0.4 is 0 Å². The Morgan fingerprint density at radius 3 is 3.08 bits per heavy atom. The molecule has 0 aliphatic carbocycles. The molecule has 1 aromatic rings. The fourth-order valence-electron chi connectivity index (χ4n) is 0.782. The number of ether oxygens (including phenoxy) is 1. The van der Waals surface area contributed by atoms with Crippen molar-refractivity contribution in [3.8, 4) is 0 Å². The summed E-state index contributed by atoms with van der Waals surface area (Å²) in [6.45, 7) is 4.78. The Morgan fingerprint density at radius 1 is 1.62 bits per heavy atom. The molecule has 1 aromatic heterocycles. The van der Waals surface area contributed by atoms with Gasteiger partial charge in [-0.05, 0) is 12.8 Å². The number of aromatic nitrogens is 2. The molecule has 0 aliphatic rings. The Balaban J connectivity index is 2.13. The zero-order valence-corrected chi connectivity index (χ0v) is 8.77. The van der Waals surface area contributed by atoms with E-state index in [0.29, 0.717) is 17.6 Å². The van der Waals surface area contributed by atoms with Gasteiger partial charge in [-0.1, -0.05) is 22.2 Å². The first-order valence-electron chi connectivity index (χ1n) is 4.00. The molecule has 0 aromatic carbocycles. The van der Waals surface area contributed by atoms with Crippen molar-refractivity contribution in [2.45, 2.75) is 19.4 Å². The van der Waals surface area contributed by atoms with E-state index in [2.05, 4.69) is 16.2 Å². The van der Waals surface area contributed by atoms with Crippen molar-refractivity contribution < 1.29 is 4.74 Å². The molecule has 1 heterocycles. The van der Waals surface area contributed by atoms with Gasteiger partial charge in [-0.15, -0.1) is 11.7 Å². The third-order valence-electron chi connectivity index (χ3n) is 1.45. The van der Waals surface area contributed by atoms with Crippen LogP contribution in [0.25, 0.3) is 0 Å². The average Bonchev–Trinajstić information content (AvgIpc) is 2.52. The second-order valence-electron chi connectivity index (χ2n) is 2.48. The highest BCUT2D eigenvalue weighted by atomic mass is 35.5. The topological polar surface area (TPSA) is 35.0 Å². The van der Waals surface area contributed by atoms with Crippen LogP contribution in [0.1, 0.15) is 18.5 Å². The Kier molecular flexibility index (Phi) is 4.97. The van der Waals surface area contributed by atoms with Gasteiger partial charge in [0.25, 0.3) is 0 Å². The molecule has 0 saturated carbocycles. The molecule has 1 rings (SSSR count). The van der Waals surface area contributed by atoms with E-state index in [0.717, 1.165) is 18.5 Å². The van der Waals surface area contributed by atoms with E-state index in [1.807, 2.05) is 6.08 Å². The highest BCUT2D eigenvalue weighted by Gasteiger charge is 2.03. The van der Waals surface area contributed by atoms with Gasteiger partial charge in [0, 0.05) is 18.1 Å². The average molecular weight is 219 g/mol. The van der Waals surface area contributed by atoms with Crippen molar-refractivity contribution in [1.82, 2.24) is 9.59 Å². The second-order valence-corrected chi connectivity index (χ2v) is 3.83. The molecular weight excluding hydrogens is 208 g/mol. The first-order chi connectivity index (χ1) is 6.34. The molecule has 0 N–H and O–H groups in total. The maximum absolute atomic E-state index is 5.78. The largest absolute Gasteiger partial charge is 0.375 e. The molecular formula is C8H11ClN2OS. The predicted molar refractivity (Wildman–Crippen MR) is 54.0 cm³/mol. The smallest absolute Gasteiger partial charge is 0.139 e. The van der Waals surface area contributed by atoms with Crippen molar-refractivity contribution in [1.29, 1.82) is 0 Å². The van der Waals surface area contributed by atoms with Gasteiger partial charge in [0.05, 0.1) is 6.61 Å². The summed E-state index contributed by atoms with van der Waals surface area (Å²) in [4.78, 5) is 0. The highest BCUT2D eigenvalue weighted by molar-refractivity contribution is 7.10. The Bertz CT molecular complexity index is 264. The van der Waals surface area contributed by atoms with E-state index >= 15 is 0 Å². The van der Waals surface area contributed by atoms with Gasteiger partial charge in [0.1, 0.15) is 10.0 Å². The summed E-state index contributed by atoms with van der Waals surface area (Å²) >= 11 is 6.96. The Labute approximate surface area is 86.5 Å². The minimum absolute atomic E-state index is 0.451. The summed E-state index contributed by atoms with van der Waals surface area (Å²) in [6, 6.07) is 0. The zero-order valence-electron chi connectivity index (χ0n) is 7.20. The quantitative estimate of drug-likeness (QED) is 0.544. The van der Waals surface area contributed by atoms with E-state index in [9.17, 15) is 0 Å². The number of halogens is 1. The van der Waals surface area contributed by atoms with Gasteiger partial charge < -0.3 is 4.74 Å². The molecule has 0 aliphatic heterocycles. The SMILES string of the molecule is C=CCCCOCc1nnsc1Cl.